The molecule has 142 valence electrons. The molecule has 2 aromatic rings. The summed E-state index contributed by atoms with van der Waals surface area (Å²) in [5.41, 5.74) is 6.08. The van der Waals surface area contributed by atoms with Gasteiger partial charge in [-0.05, 0) is 74.3 Å². The molecule has 5 rings (SSSR count). The first-order chi connectivity index (χ1) is 13.1. The van der Waals surface area contributed by atoms with Gasteiger partial charge < -0.3 is 9.12 Å². The molecule has 1 fully saturated rings. The first-order valence-corrected chi connectivity index (χ1v) is 11.4. The third-order valence-corrected chi connectivity index (χ3v) is 7.62. The second-order valence-corrected chi connectivity index (χ2v) is 9.40. The van der Waals surface area contributed by atoms with Gasteiger partial charge in [-0.25, -0.2) is 4.21 Å². The summed E-state index contributed by atoms with van der Waals surface area (Å²) in [7, 11) is 0. The zero-order valence-corrected chi connectivity index (χ0v) is 16.6. The molecule has 0 amide bonds. The van der Waals surface area contributed by atoms with Crippen molar-refractivity contribution in [1.29, 1.82) is 0 Å². The van der Waals surface area contributed by atoms with E-state index in [2.05, 4.69) is 29.4 Å². The fourth-order valence-corrected chi connectivity index (χ4v) is 6.08. The number of nitrogens with zero attached hydrogens (tertiary/aromatic N) is 1. The average Bonchev–Trinajstić information content (AvgIpc) is 3.01. The van der Waals surface area contributed by atoms with Crippen molar-refractivity contribution in [2.75, 3.05) is 0 Å². The largest absolute Gasteiger partial charge is 0.337 e. The molecule has 1 aromatic heterocycles. The van der Waals surface area contributed by atoms with E-state index in [0.29, 0.717) is 16.4 Å². The molecule has 1 heterocycles. The molecule has 1 aromatic carbocycles. The van der Waals surface area contributed by atoms with Crippen LogP contribution in [0.4, 0.5) is 0 Å². The molecule has 2 atom stereocenters. The maximum atomic E-state index is 11.6. The van der Waals surface area contributed by atoms with Crippen LogP contribution in [0.25, 0.3) is 10.9 Å². The van der Waals surface area contributed by atoms with Crippen molar-refractivity contribution in [3.63, 3.8) is 0 Å². The normalized spacial score (nSPS) is 22.5. The third-order valence-electron chi connectivity index (χ3n) is 6.96. The van der Waals surface area contributed by atoms with Crippen LogP contribution in [0.3, 0.4) is 0 Å². The van der Waals surface area contributed by atoms with Gasteiger partial charge in [-0.2, -0.15) is 0 Å². The highest BCUT2D eigenvalue weighted by Gasteiger charge is 2.49. The van der Waals surface area contributed by atoms with E-state index < -0.39 is 11.1 Å². The molecule has 0 bridgehead atoms. The number of hydrogen-bond donors (Lipinski definition) is 1. The molecule has 1 spiro atoms. The molecular weight excluding hydrogens is 354 g/mol. The van der Waals surface area contributed by atoms with Gasteiger partial charge in [-0.1, -0.05) is 25.0 Å². The number of aryl methyl sites for hydroxylation is 1. The van der Waals surface area contributed by atoms with Crippen LogP contribution in [0.5, 0.6) is 0 Å². The van der Waals surface area contributed by atoms with E-state index in [1.165, 1.54) is 60.7 Å². The topological polar surface area (TPSA) is 42.2 Å². The van der Waals surface area contributed by atoms with E-state index in [4.69, 9.17) is 0 Å². The van der Waals surface area contributed by atoms with Crippen molar-refractivity contribution < 1.29 is 8.76 Å². The Labute approximate surface area is 163 Å². The van der Waals surface area contributed by atoms with E-state index in [9.17, 15) is 8.76 Å². The summed E-state index contributed by atoms with van der Waals surface area (Å²) in [6.45, 7) is 4.05. The lowest BCUT2D eigenvalue weighted by Gasteiger charge is -2.25. The second-order valence-electron chi connectivity index (χ2n) is 8.43. The molecule has 3 aliphatic rings. The highest BCUT2D eigenvalue weighted by molar-refractivity contribution is 7.79. The van der Waals surface area contributed by atoms with E-state index in [1.807, 2.05) is 12.1 Å². The van der Waals surface area contributed by atoms with Gasteiger partial charge >= 0.3 is 0 Å². The van der Waals surface area contributed by atoms with Crippen molar-refractivity contribution in [1.82, 2.24) is 4.57 Å². The highest BCUT2D eigenvalue weighted by atomic mass is 32.2. The van der Waals surface area contributed by atoms with Crippen molar-refractivity contribution in [2.24, 2.45) is 5.41 Å². The van der Waals surface area contributed by atoms with E-state index in [1.54, 1.807) is 5.57 Å². The zero-order valence-electron chi connectivity index (χ0n) is 15.7. The number of hydrogen-bond acceptors (Lipinski definition) is 1. The standard InChI is InChI=1S/C23H27NO2S/c1-2-7-22(19-15-23(19)12-5-6-13-23)24-20-9-4-3-8-17(20)18-14-16(27(25)26)10-11-21(18)24/h2,10-11,14-15,22H,1,3-9,12-13H2,(H,25,26). The SMILES string of the molecule is C=CCC(C1=CC12CCCC2)n1c2c(c3cc(S(=O)O)ccc31)CCCC2. The predicted octanol–water partition coefficient (Wildman–Crippen LogP) is 5.72. The van der Waals surface area contributed by atoms with Crippen LogP contribution in [-0.4, -0.2) is 13.3 Å². The van der Waals surface area contributed by atoms with Gasteiger partial charge in [0.15, 0.2) is 11.1 Å². The monoisotopic (exact) mass is 381 g/mol. The number of rotatable bonds is 5. The average molecular weight is 382 g/mol. The predicted molar refractivity (Wildman–Crippen MR) is 110 cm³/mol. The maximum absolute atomic E-state index is 11.6. The summed E-state index contributed by atoms with van der Waals surface area (Å²) in [5, 5.41) is 1.18. The highest BCUT2D eigenvalue weighted by Crippen LogP contribution is 2.61. The van der Waals surface area contributed by atoms with Gasteiger partial charge in [0.1, 0.15) is 0 Å². The summed E-state index contributed by atoms with van der Waals surface area (Å²) in [6.07, 6.45) is 15.5. The lowest BCUT2D eigenvalue weighted by atomic mass is 9.92. The zero-order chi connectivity index (χ0) is 18.6. The molecule has 3 aliphatic carbocycles. The first-order valence-electron chi connectivity index (χ1n) is 10.3. The van der Waals surface area contributed by atoms with Crippen LogP contribution in [0.1, 0.15) is 62.2 Å². The second kappa shape index (κ2) is 6.46. The number of aromatic nitrogens is 1. The minimum Gasteiger partial charge on any atom is -0.337 e. The van der Waals surface area contributed by atoms with Crippen molar-refractivity contribution in [3.05, 3.63) is 53.8 Å². The van der Waals surface area contributed by atoms with Gasteiger partial charge in [0.2, 0.25) is 0 Å². The van der Waals surface area contributed by atoms with Crippen LogP contribution >= 0.6 is 0 Å². The molecule has 1 N–H and O–H groups in total. The Hall–Kier alpha value is -1.65. The molecule has 27 heavy (non-hydrogen) atoms. The van der Waals surface area contributed by atoms with Crippen LogP contribution in [0.15, 0.2) is 47.4 Å². The maximum Gasteiger partial charge on any atom is 0.186 e. The van der Waals surface area contributed by atoms with Gasteiger partial charge in [0, 0.05) is 22.0 Å². The van der Waals surface area contributed by atoms with Crippen molar-refractivity contribution in [2.45, 2.75) is 68.7 Å². The molecule has 3 nitrogen and oxygen atoms in total. The summed E-state index contributed by atoms with van der Waals surface area (Å²) in [4.78, 5) is 0.506. The Morgan fingerprint density at radius 2 is 2.00 bits per heavy atom. The summed E-state index contributed by atoms with van der Waals surface area (Å²) in [6, 6.07) is 6.19. The van der Waals surface area contributed by atoms with E-state index in [0.717, 1.165) is 19.3 Å². The lowest BCUT2D eigenvalue weighted by Crippen LogP contribution is -2.16. The van der Waals surface area contributed by atoms with Crippen molar-refractivity contribution in [3.8, 4) is 0 Å². The molecular formula is C23H27NO2S. The molecule has 4 heteroatoms. The van der Waals surface area contributed by atoms with Crippen LogP contribution in [0.2, 0.25) is 0 Å². The Morgan fingerprint density at radius 3 is 2.74 bits per heavy atom. The Kier molecular flexibility index (Phi) is 4.17. The number of benzene rings is 1. The minimum atomic E-state index is -1.93. The molecule has 0 saturated heterocycles. The first kappa shape index (κ1) is 17.4. The fourth-order valence-electron chi connectivity index (χ4n) is 5.68. The van der Waals surface area contributed by atoms with Crippen LogP contribution in [0, 0.1) is 5.41 Å². The molecule has 1 saturated carbocycles. The third kappa shape index (κ3) is 2.68. The quantitative estimate of drug-likeness (QED) is 0.532. The summed E-state index contributed by atoms with van der Waals surface area (Å²) in [5.74, 6) is 0. The smallest absolute Gasteiger partial charge is 0.186 e. The minimum absolute atomic E-state index is 0.357. The van der Waals surface area contributed by atoms with Gasteiger partial charge in [-0.15, -0.1) is 6.58 Å². The fraction of sp³-hybridized carbons (Fsp3) is 0.478. The van der Waals surface area contributed by atoms with Gasteiger partial charge in [0.25, 0.3) is 0 Å². The van der Waals surface area contributed by atoms with Gasteiger partial charge in [-0.3, -0.25) is 0 Å². The molecule has 0 radical (unpaired) electrons. The van der Waals surface area contributed by atoms with Crippen LogP contribution in [-0.2, 0) is 23.9 Å². The molecule has 0 aliphatic heterocycles. The number of allylic oxidation sites excluding steroid dienone is 3. The summed E-state index contributed by atoms with van der Waals surface area (Å²) >= 11 is -1.93. The number of fused-ring (bicyclic) bond motifs is 3. The Bertz CT molecular complexity index is 978. The molecule has 2 unspecified atom stereocenters. The van der Waals surface area contributed by atoms with Gasteiger partial charge in [0.05, 0.1) is 10.9 Å². The van der Waals surface area contributed by atoms with Crippen molar-refractivity contribution >= 4 is 22.0 Å². The van der Waals surface area contributed by atoms with E-state index in [-0.39, 0.29) is 0 Å². The Balaban J connectivity index is 1.68. The Morgan fingerprint density at radius 1 is 1.22 bits per heavy atom. The summed E-state index contributed by atoms with van der Waals surface area (Å²) < 4.78 is 23.8. The lowest BCUT2D eigenvalue weighted by molar-refractivity contribution is 0.481. The van der Waals surface area contributed by atoms with Crippen LogP contribution < -0.4 is 0 Å². The van der Waals surface area contributed by atoms with E-state index >= 15 is 0 Å².